The van der Waals surface area contributed by atoms with Crippen molar-refractivity contribution in [3.8, 4) is 10.4 Å². The van der Waals surface area contributed by atoms with E-state index in [-0.39, 0.29) is 24.8 Å². The molecule has 3 atom stereocenters. The summed E-state index contributed by atoms with van der Waals surface area (Å²) in [5, 5.41) is 7.43. The number of aryl methyl sites for hydroxylation is 1. The molecule has 0 bridgehead atoms. The highest BCUT2D eigenvalue weighted by Gasteiger charge is 2.50. The second-order valence-corrected chi connectivity index (χ2v) is 9.79. The number of likely N-dealkylation sites (N-methyl/N-ethyl adjacent to an activating group) is 1. The van der Waals surface area contributed by atoms with E-state index in [0.717, 1.165) is 16.0 Å². The van der Waals surface area contributed by atoms with Crippen molar-refractivity contribution in [2.45, 2.75) is 38.0 Å². The van der Waals surface area contributed by atoms with E-state index in [4.69, 9.17) is 10.5 Å². The highest BCUT2D eigenvalue weighted by molar-refractivity contribution is 7.13. The Hall–Kier alpha value is -4.22. The van der Waals surface area contributed by atoms with Crippen LogP contribution in [0, 0.1) is 0 Å². The first-order valence-electron chi connectivity index (χ1n) is 12.1. The van der Waals surface area contributed by atoms with Crippen LogP contribution < -0.4 is 27.2 Å². The van der Waals surface area contributed by atoms with Crippen LogP contribution in [0.25, 0.3) is 10.4 Å². The van der Waals surface area contributed by atoms with Crippen LogP contribution in [0.5, 0.6) is 0 Å². The van der Waals surface area contributed by atoms with Gasteiger partial charge in [-0.1, -0.05) is 30.3 Å². The Balaban J connectivity index is 1.34. The van der Waals surface area contributed by atoms with Crippen LogP contribution in [0.1, 0.15) is 40.9 Å². The van der Waals surface area contributed by atoms with E-state index in [1.54, 1.807) is 29.5 Å². The zero-order chi connectivity index (χ0) is 27.2. The van der Waals surface area contributed by atoms with Crippen molar-refractivity contribution in [2.24, 2.45) is 0 Å². The summed E-state index contributed by atoms with van der Waals surface area (Å²) in [5.41, 5.74) is 14.0. The molecule has 1 fully saturated rings. The molecule has 1 aliphatic heterocycles. The van der Waals surface area contributed by atoms with Crippen molar-refractivity contribution in [1.29, 1.82) is 0 Å². The van der Waals surface area contributed by atoms with Crippen molar-refractivity contribution in [3.63, 3.8) is 0 Å². The first-order chi connectivity index (χ1) is 18.3. The normalized spacial score (nSPS) is 16.7. The van der Waals surface area contributed by atoms with Crippen LogP contribution in [0.4, 0.5) is 5.69 Å². The largest absolute Gasteiger partial charge is 0.399 e. The maximum Gasteiger partial charge on any atom is 0.270 e. The summed E-state index contributed by atoms with van der Waals surface area (Å²) in [7, 11) is 1.44. The zero-order valence-corrected chi connectivity index (χ0v) is 21.8. The van der Waals surface area contributed by atoms with Gasteiger partial charge in [0.25, 0.3) is 17.7 Å². The van der Waals surface area contributed by atoms with Gasteiger partial charge in [0, 0.05) is 29.6 Å². The Morgan fingerprint density at radius 3 is 2.53 bits per heavy atom. The van der Waals surface area contributed by atoms with Crippen LogP contribution in [0.15, 0.2) is 60.0 Å². The van der Waals surface area contributed by atoms with Crippen LogP contribution in [0.2, 0.25) is 0 Å². The average Bonchev–Trinajstić information content (AvgIpc) is 3.54. The average molecular weight is 536 g/mol. The molecule has 0 saturated carbocycles. The minimum Gasteiger partial charge on any atom is -0.399 e. The van der Waals surface area contributed by atoms with Gasteiger partial charge >= 0.3 is 0 Å². The molecule has 1 aliphatic rings. The number of ether oxygens (including phenoxy) is 1. The van der Waals surface area contributed by atoms with Gasteiger partial charge in [-0.15, -0.1) is 11.3 Å². The van der Waals surface area contributed by atoms with Crippen LogP contribution in [-0.4, -0.2) is 42.9 Å². The molecule has 198 valence electrons. The molecule has 3 aromatic rings. The van der Waals surface area contributed by atoms with Crippen molar-refractivity contribution >= 4 is 40.7 Å². The second-order valence-electron chi connectivity index (χ2n) is 8.84. The fourth-order valence-electron chi connectivity index (χ4n) is 3.95. The number of hydrogen-bond acceptors (Lipinski definition) is 7. The monoisotopic (exact) mass is 535 g/mol. The lowest BCUT2D eigenvalue weighted by molar-refractivity contribution is -0.129. The molecule has 4 rings (SSSR count). The number of epoxide rings is 1. The SMILES string of the molecule is CNC(=O)C1OC1C(=O)NNC(=O)CCc1ccc(N)cc1C(=O)N[C@H](C)c1cccc(-c2cccs2)c1. The van der Waals surface area contributed by atoms with Gasteiger partial charge in [-0.05, 0) is 59.7 Å². The van der Waals surface area contributed by atoms with Crippen molar-refractivity contribution in [2.75, 3.05) is 12.8 Å². The highest BCUT2D eigenvalue weighted by Crippen LogP contribution is 2.27. The van der Waals surface area contributed by atoms with Gasteiger partial charge in [0.15, 0.2) is 12.2 Å². The number of amides is 4. The number of hydrogen-bond donors (Lipinski definition) is 5. The lowest BCUT2D eigenvalue weighted by Crippen LogP contribution is -2.45. The number of hydrazine groups is 1. The quantitative estimate of drug-likeness (QED) is 0.161. The van der Waals surface area contributed by atoms with Gasteiger partial charge in [0.2, 0.25) is 5.91 Å². The third kappa shape index (κ3) is 6.55. The summed E-state index contributed by atoms with van der Waals surface area (Å²) >= 11 is 1.65. The molecular formula is C27H29N5O5S. The fraction of sp³-hybridized carbons (Fsp3) is 0.259. The number of benzene rings is 2. The van der Waals surface area contributed by atoms with E-state index in [9.17, 15) is 19.2 Å². The minimum absolute atomic E-state index is 0.00723. The number of carbonyl (C=O) groups is 4. The molecule has 6 N–H and O–H groups in total. The molecule has 11 heteroatoms. The number of nitrogens with two attached hydrogens (primary N) is 1. The number of thiophene rings is 1. The molecule has 0 spiro atoms. The Morgan fingerprint density at radius 1 is 1.00 bits per heavy atom. The van der Waals surface area contributed by atoms with E-state index < -0.39 is 29.9 Å². The summed E-state index contributed by atoms with van der Waals surface area (Å²) in [6.07, 6.45) is -1.54. The molecule has 2 aromatic carbocycles. The number of rotatable bonds is 9. The Kier molecular flexibility index (Phi) is 8.39. The molecule has 2 heterocycles. The summed E-state index contributed by atoms with van der Waals surface area (Å²) in [6, 6.07) is 16.8. The van der Waals surface area contributed by atoms with E-state index in [0.29, 0.717) is 16.8 Å². The Morgan fingerprint density at radius 2 is 1.79 bits per heavy atom. The Bertz CT molecular complexity index is 1340. The van der Waals surface area contributed by atoms with Gasteiger partial charge in [-0.2, -0.15) is 0 Å². The predicted molar refractivity (Wildman–Crippen MR) is 144 cm³/mol. The summed E-state index contributed by atoms with van der Waals surface area (Å²) in [6.45, 7) is 1.91. The summed E-state index contributed by atoms with van der Waals surface area (Å²) in [4.78, 5) is 50.1. The van der Waals surface area contributed by atoms with Crippen molar-refractivity contribution in [1.82, 2.24) is 21.5 Å². The summed E-state index contributed by atoms with van der Waals surface area (Å²) < 4.78 is 5.00. The number of nitrogen functional groups attached to an aromatic ring is 1. The minimum atomic E-state index is -0.935. The standard InChI is InChI=1S/C27H29N5O5S/c1-15(17-5-3-6-18(13-17)21-7-4-12-38-21)30-25(34)20-14-19(28)10-8-16(20)9-11-22(33)31-32-27(36)24-23(37-24)26(35)29-2/h3-8,10,12-15,23-24H,9,11,28H2,1-2H3,(H,29,35)(H,30,34)(H,31,33)(H,32,36)/t15-,23?,24?/m1/s1. The number of anilines is 1. The second kappa shape index (κ2) is 11.9. The molecule has 38 heavy (non-hydrogen) atoms. The van der Waals surface area contributed by atoms with E-state index in [1.807, 2.05) is 36.6 Å². The van der Waals surface area contributed by atoms with Crippen LogP contribution in [0.3, 0.4) is 0 Å². The van der Waals surface area contributed by atoms with Gasteiger partial charge in [-0.3, -0.25) is 30.0 Å². The molecule has 1 saturated heterocycles. The van der Waals surface area contributed by atoms with Gasteiger partial charge in [0.05, 0.1) is 6.04 Å². The van der Waals surface area contributed by atoms with Gasteiger partial charge in [0.1, 0.15) is 0 Å². The highest BCUT2D eigenvalue weighted by atomic mass is 32.1. The Labute approximate surface area is 223 Å². The zero-order valence-electron chi connectivity index (χ0n) is 20.9. The first-order valence-corrected chi connectivity index (χ1v) is 12.9. The topological polar surface area (TPSA) is 155 Å². The smallest absolute Gasteiger partial charge is 0.270 e. The third-order valence-electron chi connectivity index (χ3n) is 6.12. The lowest BCUT2D eigenvalue weighted by Gasteiger charge is -2.17. The maximum absolute atomic E-state index is 13.2. The molecule has 4 amide bonds. The number of nitrogens with one attached hydrogen (secondary N) is 4. The molecule has 1 aromatic heterocycles. The van der Waals surface area contributed by atoms with E-state index in [2.05, 4.69) is 33.6 Å². The van der Waals surface area contributed by atoms with E-state index >= 15 is 0 Å². The molecule has 10 nitrogen and oxygen atoms in total. The van der Waals surface area contributed by atoms with Crippen LogP contribution >= 0.6 is 11.3 Å². The number of carbonyl (C=O) groups excluding carboxylic acids is 4. The third-order valence-corrected chi connectivity index (χ3v) is 7.04. The van der Waals surface area contributed by atoms with Crippen LogP contribution in [-0.2, 0) is 25.5 Å². The van der Waals surface area contributed by atoms with Gasteiger partial charge in [-0.25, -0.2) is 0 Å². The predicted octanol–water partition coefficient (Wildman–Crippen LogP) is 2.08. The molecule has 0 radical (unpaired) electrons. The summed E-state index contributed by atoms with van der Waals surface area (Å²) in [5.74, 6) is -1.79. The van der Waals surface area contributed by atoms with Crippen molar-refractivity contribution < 1.29 is 23.9 Å². The lowest BCUT2D eigenvalue weighted by atomic mass is 9.99. The fourth-order valence-corrected chi connectivity index (χ4v) is 4.68. The van der Waals surface area contributed by atoms with Crippen molar-refractivity contribution in [3.05, 3.63) is 76.7 Å². The maximum atomic E-state index is 13.2. The molecule has 0 aliphatic carbocycles. The first kappa shape index (κ1) is 26.8. The molecular weight excluding hydrogens is 506 g/mol. The van der Waals surface area contributed by atoms with Gasteiger partial charge < -0.3 is 21.1 Å². The molecule has 2 unspecified atom stereocenters. The van der Waals surface area contributed by atoms with E-state index in [1.165, 1.54) is 7.05 Å².